The lowest BCUT2D eigenvalue weighted by molar-refractivity contribution is 0.730. The third-order valence-corrected chi connectivity index (χ3v) is 2.39. The number of benzene rings is 1. The Labute approximate surface area is 92.6 Å². The summed E-state index contributed by atoms with van der Waals surface area (Å²) in [4.78, 5) is 2.25. The van der Waals surface area contributed by atoms with Crippen LogP contribution < -0.4 is 10.2 Å². The minimum absolute atomic E-state index is 0.877. The number of hydrogen-bond donors (Lipinski definition) is 1. The number of anilines is 1. The number of nitrogens with zero attached hydrogens (tertiary/aromatic N) is 1. The van der Waals surface area contributed by atoms with Gasteiger partial charge in [-0.05, 0) is 19.1 Å². The molecule has 15 heavy (non-hydrogen) atoms. The first kappa shape index (κ1) is 11.8. The molecular weight excluding hydrogens is 184 g/mol. The first-order chi connectivity index (χ1) is 7.24. The zero-order chi connectivity index (χ0) is 11.1. The maximum absolute atomic E-state index is 3.67. The fraction of sp³-hybridized carbons (Fsp3) is 0.385. The van der Waals surface area contributed by atoms with Gasteiger partial charge in [-0.2, -0.15) is 0 Å². The molecule has 0 saturated carbocycles. The lowest BCUT2D eigenvalue weighted by atomic mass is 10.2. The van der Waals surface area contributed by atoms with Gasteiger partial charge in [-0.3, -0.25) is 0 Å². The topological polar surface area (TPSA) is 15.3 Å². The minimum Gasteiger partial charge on any atom is -0.373 e. The molecule has 1 rings (SSSR count). The van der Waals surface area contributed by atoms with E-state index in [1.54, 1.807) is 0 Å². The van der Waals surface area contributed by atoms with Crippen LogP contribution in [0, 0.1) is 6.92 Å². The molecule has 0 aromatic heterocycles. The van der Waals surface area contributed by atoms with Gasteiger partial charge in [-0.1, -0.05) is 23.8 Å². The van der Waals surface area contributed by atoms with Crippen molar-refractivity contribution < 1.29 is 0 Å². The van der Waals surface area contributed by atoms with Crippen molar-refractivity contribution in [1.29, 1.82) is 0 Å². The predicted molar refractivity (Wildman–Crippen MR) is 67.5 cm³/mol. The van der Waals surface area contributed by atoms with Crippen molar-refractivity contribution in [3.8, 4) is 0 Å². The SMILES string of the molecule is C=CCNCCN(C)c1ccc(C)cc1. The molecule has 0 aliphatic carbocycles. The highest BCUT2D eigenvalue weighted by Crippen LogP contribution is 2.12. The van der Waals surface area contributed by atoms with Crippen LogP contribution in [-0.2, 0) is 0 Å². The molecule has 0 bridgehead atoms. The fourth-order valence-electron chi connectivity index (χ4n) is 1.38. The molecule has 2 nitrogen and oxygen atoms in total. The molecule has 1 N–H and O–H groups in total. The van der Waals surface area contributed by atoms with Crippen molar-refractivity contribution in [2.24, 2.45) is 0 Å². The molecule has 1 aromatic carbocycles. The number of aryl methyl sites for hydroxylation is 1. The first-order valence-electron chi connectivity index (χ1n) is 5.33. The molecule has 0 unspecified atom stereocenters. The predicted octanol–water partition coefficient (Wildman–Crippen LogP) is 2.21. The second-order valence-corrected chi connectivity index (χ2v) is 3.75. The molecular formula is C13H20N2. The van der Waals surface area contributed by atoms with E-state index in [9.17, 15) is 0 Å². The summed E-state index contributed by atoms with van der Waals surface area (Å²) in [5.41, 5.74) is 2.57. The van der Waals surface area contributed by atoms with Gasteiger partial charge in [0, 0.05) is 32.4 Å². The summed E-state index contributed by atoms with van der Waals surface area (Å²) in [6, 6.07) is 8.59. The van der Waals surface area contributed by atoms with Crippen LogP contribution >= 0.6 is 0 Å². The third kappa shape index (κ3) is 4.17. The van der Waals surface area contributed by atoms with Gasteiger partial charge in [0.1, 0.15) is 0 Å². The van der Waals surface area contributed by atoms with Gasteiger partial charge >= 0.3 is 0 Å². The van der Waals surface area contributed by atoms with Crippen LogP contribution in [0.3, 0.4) is 0 Å². The first-order valence-corrected chi connectivity index (χ1v) is 5.33. The van der Waals surface area contributed by atoms with Crippen LogP contribution in [0.15, 0.2) is 36.9 Å². The maximum Gasteiger partial charge on any atom is 0.0364 e. The highest BCUT2D eigenvalue weighted by atomic mass is 15.1. The third-order valence-electron chi connectivity index (χ3n) is 2.39. The second kappa shape index (κ2) is 6.25. The zero-order valence-corrected chi connectivity index (χ0v) is 9.66. The molecule has 1 aromatic rings. The van der Waals surface area contributed by atoms with Crippen molar-refractivity contribution in [3.63, 3.8) is 0 Å². The Morgan fingerprint density at radius 3 is 2.60 bits per heavy atom. The molecule has 0 saturated heterocycles. The van der Waals surface area contributed by atoms with Gasteiger partial charge in [-0.15, -0.1) is 6.58 Å². The molecule has 0 spiro atoms. The summed E-state index contributed by atoms with van der Waals surface area (Å²) in [6.45, 7) is 8.65. The second-order valence-electron chi connectivity index (χ2n) is 3.75. The van der Waals surface area contributed by atoms with E-state index in [4.69, 9.17) is 0 Å². The van der Waals surface area contributed by atoms with E-state index in [1.807, 2.05) is 6.08 Å². The standard InChI is InChI=1S/C13H20N2/c1-4-9-14-10-11-15(3)13-7-5-12(2)6-8-13/h4-8,14H,1,9-11H2,2-3H3. The molecule has 0 amide bonds. The van der Waals surface area contributed by atoms with Gasteiger partial charge in [0.25, 0.3) is 0 Å². The summed E-state index contributed by atoms with van der Waals surface area (Å²) < 4.78 is 0. The van der Waals surface area contributed by atoms with E-state index in [0.29, 0.717) is 0 Å². The molecule has 0 aliphatic rings. The number of nitrogens with one attached hydrogen (secondary N) is 1. The highest BCUT2D eigenvalue weighted by Gasteiger charge is 1.98. The summed E-state index contributed by atoms with van der Waals surface area (Å²) in [6.07, 6.45) is 1.88. The van der Waals surface area contributed by atoms with Crippen molar-refractivity contribution >= 4 is 5.69 Å². The van der Waals surface area contributed by atoms with Gasteiger partial charge in [-0.25, -0.2) is 0 Å². The summed E-state index contributed by atoms with van der Waals surface area (Å²) in [5.74, 6) is 0. The number of likely N-dealkylation sites (N-methyl/N-ethyl adjacent to an activating group) is 1. The van der Waals surface area contributed by atoms with E-state index in [1.165, 1.54) is 11.3 Å². The van der Waals surface area contributed by atoms with Crippen molar-refractivity contribution in [1.82, 2.24) is 5.32 Å². The Kier molecular flexibility index (Phi) is 4.91. The normalized spacial score (nSPS) is 10.0. The van der Waals surface area contributed by atoms with E-state index >= 15 is 0 Å². The number of hydrogen-bond acceptors (Lipinski definition) is 2. The maximum atomic E-state index is 3.67. The van der Waals surface area contributed by atoms with Gasteiger partial charge in [0.05, 0.1) is 0 Å². The van der Waals surface area contributed by atoms with E-state index in [0.717, 1.165) is 19.6 Å². The van der Waals surface area contributed by atoms with Crippen LogP contribution in [0.2, 0.25) is 0 Å². The van der Waals surface area contributed by atoms with Crippen LogP contribution in [0.25, 0.3) is 0 Å². The smallest absolute Gasteiger partial charge is 0.0364 e. The number of rotatable bonds is 6. The Morgan fingerprint density at radius 2 is 2.00 bits per heavy atom. The molecule has 0 heterocycles. The molecule has 0 atom stereocenters. The van der Waals surface area contributed by atoms with Gasteiger partial charge in [0.15, 0.2) is 0 Å². The molecule has 0 fully saturated rings. The summed E-state index contributed by atoms with van der Waals surface area (Å²) in [5, 5.41) is 3.29. The molecule has 2 heteroatoms. The largest absolute Gasteiger partial charge is 0.373 e. The van der Waals surface area contributed by atoms with Gasteiger partial charge < -0.3 is 10.2 Å². The van der Waals surface area contributed by atoms with E-state index in [-0.39, 0.29) is 0 Å². The van der Waals surface area contributed by atoms with Crippen molar-refractivity contribution in [3.05, 3.63) is 42.5 Å². The monoisotopic (exact) mass is 204 g/mol. The van der Waals surface area contributed by atoms with E-state index in [2.05, 4.69) is 55.0 Å². The quantitative estimate of drug-likeness (QED) is 0.564. The average molecular weight is 204 g/mol. The Balaban J connectivity index is 2.36. The summed E-state index contributed by atoms with van der Waals surface area (Å²) in [7, 11) is 2.11. The van der Waals surface area contributed by atoms with Gasteiger partial charge in [0.2, 0.25) is 0 Å². The Morgan fingerprint density at radius 1 is 1.33 bits per heavy atom. The molecule has 0 aliphatic heterocycles. The lowest BCUT2D eigenvalue weighted by Gasteiger charge is -2.19. The van der Waals surface area contributed by atoms with Crippen LogP contribution in [0.1, 0.15) is 5.56 Å². The summed E-state index contributed by atoms with van der Waals surface area (Å²) >= 11 is 0. The fourth-order valence-corrected chi connectivity index (χ4v) is 1.38. The Hall–Kier alpha value is -1.28. The van der Waals surface area contributed by atoms with Crippen LogP contribution in [0.4, 0.5) is 5.69 Å². The average Bonchev–Trinajstić information content (AvgIpc) is 2.25. The molecule has 0 radical (unpaired) electrons. The van der Waals surface area contributed by atoms with Crippen LogP contribution in [-0.4, -0.2) is 26.7 Å². The zero-order valence-electron chi connectivity index (χ0n) is 9.66. The van der Waals surface area contributed by atoms with Crippen molar-refractivity contribution in [2.45, 2.75) is 6.92 Å². The van der Waals surface area contributed by atoms with E-state index < -0.39 is 0 Å². The van der Waals surface area contributed by atoms with Crippen LogP contribution in [0.5, 0.6) is 0 Å². The Bertz CT molecular complexity index is 290. The molecule has 82 valence electrons. The lowest BCUT2D eigenvalue weighted by Crippen LogP contribution is -2.29. The van der Waals surface area contributed by atoms with Crippen molar-refractivity contribution in [2.75, 3.05) is 31.6 Å². The minimum atomic E-state index is 0.877. The highest BCUT2D eigenvalue weighted by molar-refractivity contribution is 5.46.